The first-order valence-electron chi connectivity index (χ1n) is 7.98. The Hall–Kier alpha value is -1.36. The lowest BCUT2D eigenvalue weighted by atomic mass is 9.93. The zero-order valence-electron chi connectivity index (χ0n) is 13.5. The monoisotopic (exact) mass is 293 g/mol. The van der Waals surface area contributed by atoms with E-state index in [9.17, 15) is 9.90 Å². The number of carboxylic acids is 1. The SMILES string of the molecule is CCc1cc(CC)n(C(C)CC(C)(NC2CC2)C(=O)O)n1. The van der Waals surface area contributed by atoms with Crippen LogP contribution in [0.5, 0.6) is 0 Å². The normalized spacial score (nSPS) is 19.2. The van der Waals surface area contributed by atoms with Crippen LogP contribution in [0.4, 0.5) is 0 Å². The minimum Gasteiger partial charge on any atom is -0.480 e. The molecule has 1 aliphatic carbocycles. The van der Waals surface area contributed by atoms with Gasteiger partial charge in [-0.15, -0.1) is 0 Å². The highest BCUT2D eigenvalue weighted by atomic mass is 16.4. The molecule has 5 nitrogen and oxygen atoms in total. The molecule has 0 bridgehead atoms. The predicted molar refractivity (Wildman–Crippen MR) is 82.5 cm³/mol. The minimum absolute atomic E-state index is 0.0626. The van der Waals surface area contributed by atoms with E-state index in [1.54, 1.807) is 6.92 Å². The summed E-state index contributed by atoms with van der Waals surface area (Å²) >= 11 is 0. The Morgan fingerprint density at radius 3 is 2.67 bits per heavy atom. The van der Waals surface area contributed by atoms with Crippen molar-refractivity contribution in [3.05, 3.63) is 17.5 Å². The van der Waals surface area contributed by atoms with Gasteiger partial charge in [-0.3, -0.25) is 14.8 Å². The van der Waals surface area contributed by atoms with Gasteiger partial charge < -0.3 is 5.11 Å². The molecule has 0 saturated heterocycles. The van der Waals surface area contributed by atoms with Crippen LogP contribution in [0.2, 0.25) is 0 Å². The van der Waals surface area contributed by atoms with E-state index in [4.69, 9.17) is 0 Å². The van der Waals surface area contributed by atoms with Crippen molar-refractivity contribution in [2.75, 3.05) is 0 Å². The van der Waals surface area contributed by atoms with E-state index in [-0.39, 0.29) is 6.04 Å². The van der Waals surface area contributed by atoms with Crippen LogP contribution < -0.4 is 5.32 Å². The maximum absolute atomic E-state index is 11.7. The molecule has 2 unspecified atom stereocenters. The van der Waals surface area contributed by atoms with Gasteiger partial charge in [0, 0.05) is 11.7 Å². The van der Waals surface area contributed by atoms with Crippen LogP contribution in [-0.4, -0.2) is 32.4 Å². The second-order valence-electron chi connectivity index (χ2n) is 6.39. The summed E-state index contributed by atoms with van der Waals surface area (Å²) in [7, 11) is 0. The predicted octanol–water partition coefficient (Wildman–Crippen LogP) is 2.55. The Morgan fingerprint density at radius 2 is 2.19 bits per heavy atom. The Balaban J connectivity index is 2.16. The van der Waals surface area contributed by atoms with Crippen molar-refractivity contribution in [1.29, 1.82) is 0 Å². The van der Waals surface area contributed by atoms with Gasteiger partial charge in [-0.1, -0.05) is 13.8 Å². The number of carbonyl (C=O) groups is 1. The maximum Gasteiger partial charge on any atom is 0.323 e. The number of aromatic nitrogens is 2. The summed E-state index contributed by atoms with van der Waals surface area (Å²) in [6.45, 7) is 8.05. The van der Waals surface area contributed by atoms with Crippen molar-refractivity contribution in [3.63, 3.8) is 0 Å². The van der Waals surface area contributed by atoms with Gasteiger partial charge in [0.05, 0.1) is 11.7 Å². The molecule has 5 heteroatoms. The van der Waals surface area contributed by atoms with Crippen molar-refractivity contribution in [2.24, 2.45) is 0 Å². The molecule has 0 spiro atoms. The van der Waals surface area contributed by atoms with Crippen molar-refractivity contribution in [3.8, 4) is 0 Å². The summed E-state index contributed by atoms with van der Waals surface area (Å²) in [5, 5.41) is 17.5. The number of hydrogen-bond acceptors (Lipinski definition) is 3. The first kappa shape index (κ1) is 16.0. The molecule has 1 heterocycles. The molecule has 1 aliphatic rings. The fourth-order valence-corrected chi connectivity index (χ4v) is 2.87. The quantitative estimate of drug-likeness (QED) is 0.773. The largest absolute Gasteiger partial charge is 0.480 e. The summed E-state index contributed by atoms with van der Waals surface area (Å²) in [4.78, 5) is 11.7. The van der Waals surface area contributed by atoms with Gasteiger partial charge >= 0.3 is 5.97 Å². The zero-order valence-corrected chi connectivity index (χ0v) is 13.5. The molecule has 1 saturated carbocycles. The summed E-state index contributed by atoms with van der Waals surface area (Å²) in [6.07, 6.45) is 4.52. The van der Waals surface area contributed by atoms with Crippen LogP contribution in [0.25, 0.3) is 0 Å². The summed E-state index contributed by atoms with van der Waals surface area (Å²) in [6, 6.07) is 2.56. The van der Waals surface area contributed by atoms with Crippen molar-refractivity contribution >= 4 is 5.97 Å². The smallest absolute Gasteiger partial charge is 0.323 e. The second-order valence-corrected chi connectivity index (χ2v) is 6.39. The number of rotatable bonds is 8. The van der Waals surface area contributed by atoms with Gasteiger partial charge in [0.15, 0.2) is 0 Å². The average molecular weight is 293 g/mol. The van der Waals surface area contributed by atoms with Crippen molar-refractivity contribution in [1.82, 2.24) is 15.1 Å². The lowest BCUT2D eigenvalue weighted by Crippen LogP contribution is -2.51. The van der Waals surface area contributed by atoms with Crippen LogP contribution in [0.15, 0.2) is 6.07 Å². The molecule has 118 valence electrons. The van der Waals surface area contributed by atoms with Crippen LogP contribution in [0, 0.1) is 0 Å². The topological polar surface area (TPSA) is 67.2 Å². The van der Waals surface area contributed by atoms with E-state index in [0.717, 1.165) is 31.4 Å². The highest BCUT2D eigenvalue weighted by molar-refractivity contribution is 5.78. The second kappa shape index (κ2) is 6.18. The number of carboxylic acid groups (broad SMARTS) is 1. The third-order valence-electron chi connectivity index (χ3n) is 4.28. The third-order valence-corrected chi connectivity index (χ3v) is 4.28. The van der Waals surface area contributed by atoms with Gasteiger partial charge in [0.25, 0.3) is 0 Å². The third kappa shape index (κ3) is 3.64. The number of aliphatic carboxylic acids is 1. The summed E-state index contributed by atoms with van der Waals surface area (Å²) in [5.41, 5.74) is 1.37. The first-order chi connectivity index (χ1) is 9.89. The van der Waals surface area contributed by atoms with Gasteiger partial charge in [-0.2, -0.15) is 5.10 Å². The van der Waals surface area contributed by atoms with E-state index in [1.165, 1.54) is 5.69 Å². The molecule has 21 heavy (non-hydrogen) atoms. The number of hydrogen-bond donors (Lipinski definition) is 2. The number of aryl methyl sites for hydroxylation is 2. The highest BCUT2D eigenvalue weighted by Crippen LogP contribution is 2.28. The van der Waals surface area contributed by atoms with Crippen molar-refractivity contribution in [2.45, 2.75) is 77.4 Å². The molecular weight excluding hydrogens is 266 g/mol. The van der Waals surface area contributed by atoms with Gasteiger partial charge in [0.2, 0.25) is 0 Å². The number of nitrogens with one attached hydrogen (secondary N) is 1. The molecule has 2 atom stereocenters. The Morgan fingerprint density at radius 1 is 1.52 bits per heavy atom. The van der Waals surface area contributed by atoms with Crippen LogP contribution in [0.1, 0.15) is 64.4 Å². The number of nitrogens with zero attached hydrogens (tertiary/aromatic N) is 2. The van der Waals surface area contributed by atoms with Crippen LogP contribution >= 0.6 is 0 Å². The highest BCUT2D eigenvalue weighted by Gasteiger charge is 2.40. The Kier molecular flexibility index (Phi) is 4.71. The van der Waals surface area contributed by atoms with Gasteiger partial charge in [-0.05, 0) is 52.0 Å². The molecule has 1 aromatic heterocycles. The van der Waals surface area contributed by atoms with Gasteiger partial charge in [0.1, 0.15) is 5.54 Å². The molecule has 0 amide bonds. The molecular formula is C16H27N3O2. The van der Waals surface area contributed by atoms with E-state index in [0.29, 0.717) is 12.5 Å². The van der Waals surface area contributed by atoms with Crippen LogP contribution in [-0.2, 0) is 17.6 Å². The Bertz CT molecular complexity index is 508. The lowest BCUT2D eigenvalue weighted by Gasteiger charge is -2.30. The minimum atomic E-state index is -0.885. The molecule has 0 aromatic carbocycles. The molecule has 0 radical (unpaired) electrons. The summed E-state index contributed by atoms with van der Waals surface area (Å²) in [5.74, 6) is -0.776. The van der Waals surface area contributed by atoms with Crippen molar-refractivity contribution < 1.29 is 9.90 Å². The molecule has 1 aromatic rings. The van der Waals surface area contributed by atoms with Gasteiger partial charge in [-0.25, -0.2) is 0 Å². The Labute approximate surface area is 126 Å². The van der Waals surface area contributed by atoms with E-state index in [2.05, 4.69) is 37.3 Å². The van der Waals surface area contributed by atoms with E-state index >= 15 is 0 Å². The molecule has 2 N–H and O–H groups in total. The van der Waals surface area contributed by atoms with E-state index in [1.807, 2.05) is 4.68 Å². The van der Waals surface area contributed by atoms with Crippen LogP contribution in [0.3, 0.4) is 0 Å². The molecule has 1 fully saturated rings. The fraction of sp³-hybridized carbons (Fsp3) is 0.750. The zero-order chi connectivity index (χ0) is 15.6. The average Bonchev–Trinajstić information content (AvgIpc) is 3.13. The fourth-order valence-electron chi connectivity index (χ4n) is 2.87. The molecule has 2 rings (SSSR count). The standard InChI is InChI=1S/C16H27N3O2/c1-5-12-9-14(6-2)19(18-12)11(3)10-16(4,15(20)21)17-13-7-8-13/h9,11,13,17H,5-8,10H2,1-4H3,(H,20,21). The maximum atomic E-state index is 11.7. The van der Waals surface area contributed by atoms with E-state index < -0.39 is 11.5 Å². The lowest BCUT2D eigenvalue weighted by molar-refractivity contribution is -0.145. The first-order valence-corrected chi connectivity index (χ1v) is 7.98. The summed E-state index contributed by atoms with van der Waals surface area (Å²) < 4.78 is 2.01. The molecule has 0 aliphatic heterocycles.